The normalized spacial score (nSPS) is 13.8. The minimum Gasteiger partial charge on any atom is -0.391 e. The first-order chi connectivity index (χ1) is 13.9. The van der Waals surface area contributed by atoms with Gasteiger partial charge in [-0.25, -0.2) is 0 Å². The summed E-state index contributed by atoms with van der Waals surface area (Å²) in [6.45, 7) is 19.6. The SMILES string of the molecule is CCCCC=C[Si](OCC)(OCC)C(C)(C)[Si](C=CCCCC)(OCC)OCC. The third-order valence-electron chi connectivity index (χ3n) is 5.30. The van der Waals surface area contributed by atoms with Crippen LogP contribution >= 0.6 is 0 Å². The lowest BCUT2D eigenvalue weighted by Crippen LogP contribution is -2.65. The molecule has 0 radical (unpaired) electrons. The third-order valence-corrected chi connectivity index (χ3v) is 15.1. The van der Waals surface area contributed by atoms with Gasteiger partial charge in [0.25, 0.3) is 0 Å². The maximum atomic E-state index is 6.51. The zero-order valence-electron chi connectivity index (χ0n) is 20.5. The van der Waals surface area contributed by atoms with Crippen LogP contribution in [0.3, 0.4) is 0 Å². The second-order valence-electron chi connectivity index (χ2n) is 7.78. The van der Waals surface area contributed by atoms with Gasteiger partial charge in [-0.05, 0) is 51.9 Å². The summed E-state index contributed by atoms with van der Waals surface area (Å²) in [5, 5.41) is 0. The molecule has 0 aromatic carbocycles. The van der Waals surface area contributed by atoms with Crippen molar-refractivity contribution in [1.82, 2.24) is 0 Å². The summed E-state index contributed by atoms with van der Waals surface area (Å²) in [5.74, 6) is 0. The van der Waals surface area contributed by atoms with Crippen LogP contribution in [0.4, 0.5) is 0 Å². The van der Waals surface area contributed by atoms with Crippen LogP contribution in [0.2, 0.25) is 4.66 Å². The lowest BCUT2D eigenvalue weighted by atomic mass is 10.2. The highest BCUT2D eigenvalue weighted by Crippen LogP contribution is 2.49. The topological polar surface area (TPSA) is 36.9 Å². The van der Waals surface area contributed by atoms with Crippen LogP contribution in [-0.4, -0.2) is 43.5 Å². The van der Waals surface area contributed by atoms with Crippen molar-refractivity contribution in [2.24, 2.45) is 0 Å². The number of allylic oxidation sites excluding steroid dienone is 2. The van der Waals surface area contributed by atoms with E-state index in [0.717, 1.165) is 12.8 Å². The molecule has 0 atom stereocenters. The highest BCUT2D eigenvalue weighted by molar-refractivity contribution is 6.95. The maximum absolute atomic E-state index is 6.51. The van der Waals surface area contributed by atoms with Crippen molar-refractivity contribution in [1.29, 1.82) is 0 Å². The molecule has 4 nitrogen and oxygen atoms in total. The zero-order chi connectivity index (χ0) is 22.2. The molecule has 0 saturated carbocycles. The lowest BCUT2D eigenvalue weighted by molar-refractivity contribution is 0.144. The highest BCUT2D eigenvalue weighted by Gasteiger charge is 2.65. The van der Waals surface area contributed by atoms with Gasteiger partial charge in [0.15, 0.2) is 0 Å². The summed E-state index contributed by atoms with van der Waals surface area (Å²) in [6.07, 6.45) is 11.3. The first-order valence-corrected chi connectivity index (χ1v) is 15.6. The molecule has 6 heteroatoms. The van der Waals surface area contributed by atoms with Crippen LogP contribution in [0.5, 0.6) is 0 Å². The molecule has 172 valence electrons. The quantitative estimate of drug-likeness (QED) is 0.170. The Kier molecular flexibility index (Phi) is 15.4. The molecule has 0 aromatic rings. The predicted octanol–water partition coefficient (Wildman–Crippen LogP) is 6.91. The van der Waals surface area contributed by atoms with E-state index < -0.39 is 17.1 Å². The fourth-order valence-electron chi connectivity index (χ4n) is 3.64. The molecular weight excluding hydrogens is 396 g/mol. The molecule has 0 spiro atoms. The molecule has 0 bridgehead atoms. The smallest absolute Gasteiger partial charge is 0.372 e. The van der Waals surface area contributed by atoms with E-state index in [1.807, 2.05) is 0 Å². The van der Waals surface area contributed by atoms with Gasteiger partial charge < -0.3 is 17.7 Å². The van der Waals surface area contributed by atoms with Gasteiger partial charge in [0, 0.05) is 26.4 Å². The molecule has 0 heterocycles. The van der Waals surface area contributed by atoms with Crippen molar-refractivity contribution in [2.45, 2.75) is 98.6 Å². The Morgan fingerprint density at radius 2 is 0.897 bits per heavy atom. The second kappa shape index (κ2) is 15.5. The molecular formula is C23H48O4Si2. The average molecular weight is 445 g/mol. The maximum Gasteiger partial charge on any atom is 0.372 e. The van der Waals surface area contributed by atoms with Crippen molar-refractivity contribution in [3.8, 4) is 0 Å². The van der Waals surface area contributed by atoms with E-state index >= 15 is 0 Å². The zero-order valence-corrected chi connectivity index (χ0v) is 22.5. The monoisotopic (exact) mass is 444 g/mol. The van der Waals surface area contributed by atoms with Gasteiger partial charge >= 0.3 is 17.1 Å². The van der Waals surface area contributed by atoms with E-state index in [2.05, 4.69) is 78.9 Å². The van der Waals surface area contributed by atoms with Gasteiger partial charge in [0.05, 0.1) is 4.66 Å². The van der Waals surface area contributed by atoms with Gasteiger partial charge in [0.2, 0.25) is 0 Å². The van der Waals surface area contributed by atoms with E-state index in [0.29, 0.717) is 26.4 Å². The van der Waals surface area contributed by atoms with Gasteiger partial charge in [-0.2, -0.15) is 0 Å². The van der Waals surface area contributed by atoms with Crippen molar-refractivity contribution in [2.75, 3.05) is 26.4 Å². The minimum absolute atomic E-state index is 0.358. The molecule has 0 N–H and O–H groups in total. The summed E-state index contributed by atoms with van der Waals surface area (Å²) in [4.78, 5) is 0. The Morgan fingerprint density at radius 1 is 0.586 bits per heavy atom. The minimum atomic E-state index is -2.77. The number of unbranched alkanes of at least 4 members (excludes halogenated alkanes) is 4. The Hall–Kier alpha value is -0.246. The lowest BCUT2D eigenvalue weighted by Gasteiger charge is -2.48. The van der Waals surface area contributed by atoms with E-state index in [4.69, 9.17) is 17.7 Å². The Morgan fingerprint density at radius 3 is 1.14 bits per heavy atom. The summed E-state index contributed by atoms with van der Waals surface area (Å²) in [7, 11) is -5.54. The molecule has 0 unspecified atom stereocenters. The van der Waals surface area contributed by atoms with Crippen LogP contribution in [0.25, 0.3) is 0 Å². The van der Waals surface area contributed by atoms with Gasteiger partial charge in [-0.3, -0.25) is 0 Å². The number of rotatable bonds is 18. The number of hydrogen-bond donors (Lipinski definition) is 0. The summed E-state index contributed by atoms with van der Waals surface area (Å²) in [5.41, 5.74) is 4.52. The molecule has 0 aromatic heterocycles. The van der Waals surface area contributed by atoms with E-state index in [9.17, 15) is 0 Å². The third kappa shape index (κ3) is 8.07. The van der Waals surface area contributed by atoms with Crippen LogP contribution < -0.4 is 0 Å². The van der Waals surface area contributed by atoms with Crippen LogP contribution in [0.1, 0.15) is 93.9 Å². The average Bonchev–Trinajstić information content (AvgIpc) is 2.68. The second-order valence-corrected chi connectivity index (χ2v) is 15.3. The van der Waals surface area contributed by atoms with E-state index in [1.165, 1.54) is 25.7 Å². The van der Waals surface area contributed by atoms with Crippen molar-refractivity contribution >= 4 is 17.1 Å². The molecule has 0 aliphatic carbocycles. The van der Waals surface area contributed by atoms with E-state index in [-0.39, 0.29) is 4.66 Å². The first kappa shape index (κ1) is 28.8. The first-order valence-electron chi connectivity index (χ1n) is 11.8. The summed E-state index contributed by atoms with van der Waals surface area (Å²) in [6, 6.07) is 0. The van der Waals surface area contributed by atoms with Gasteiger partial charge in [-0.1, -0.05) is 65.5 Å². The largest absolute Gasteiger partial charge is 0.391 e. The molecule has 0 rings (SSSR count). The van der Waals surface area contributed by atoms with Gasteiger partial charge in [0.1, 0.15) is 0 Å². The van der Waals surface area contributed by atoms with E-state index in [1.54, 1.807) is 0 Å². The molecule has 0 saturated heterocycles. The van der Waals surface area contributed by atoms with Crippen molar-refractivity contribution in [3.63, 3.8) is 0 Å². The van der Waals surface area contributed by atoms with Crippen LogP contribution in [-0.2, 0) is 17.7 Å². The molecule has 0 amide bonds. The van der Waals surface area contributed by atoms with Gasteiger partial charge in [-0.15, -0.1) is 0 Å². The Labute approximate surface area is 183 Å². The van der Waals surface area contributed by atoms with Crippen molar-refractivity contribution < 1.29 is 17.7 Å². The van der Waals surface area contributed by atoms with Crippen LogP contribution in [0.15, 0.2) is 23.6 Å². The molecule has 0 aliphatic heterocycles. The summed E-state index contributed by atoms with van der Waals surface area (Å²) >= 11 is 0. The fourth-order valence-corrected chi connectivity index (χ4v) is 12.4. The Balaban J connectivity index is 6.33. The highest BCUT2D eigenvalue weighted by atomic mass is 28.4. The molecule has 0 fully saturated rings. The Bertz CT molecular complexity index is 412. The van der Waals surface area contributed by atoms with Crippen LogP contribution in [0, 0.1) is 0 Å². The van der Waals surface area contributed by atoms with Crippen molar-refractivity contribution in [3.05, 3.63) is 23.6 Å². The summed E-state index contributed by atoms with van der Waals surface area (Å²) < 4.78 is 25.7. The fraction of sp³-hybridized carbons (Fsp3) is 0.826. The predicted molar refractivity (Wildman–Crippen MR) is 129 cm³/mol. The molecule has 29 heavy (non-hydrogen) atoms. The number of hydrogen-bond acceptors (Lipinski definition) is 4. The standard InChI is InChI=1S/C23H48O4Si2/c1-9-15-17-19-21-28(24-11-3,25-12-4)23(7,8)29(26-13-5,27-14-6)22-20-18-16-10-2/h19-22H,9-18H2,1-8H3. The molecule has 0 aliphatic rings.